The van der Waals surface area contributed by atoms with E-state index < -0.39 is 0 Å². The van der Waals surface area contributed by atoms with E-state index in [2.05, 4.69) is 25.6 Å². The topological polar surface area (TPSA) is 62.7 Å². The Bertz CT molecular complexity index is 495. The van der Waals surface area contributed by atoms with Crippen molar-refractivity contribution < 1.29 is 0 Å². The number of nitrogens with one attached hydrogen (secondary N) is 2. The van der Waals surface area contributed by atoms with E-state index in [1.807, 2.05) is 24.3 Å². The van der Waals surface area contributed by atoms with Gasteiger partial charge in [0.1, 0.15) is 5.82 Å². The Labute approximate surface area is 99.3 Å². The molecule has 2 aromatic rings. The number of hydrogen-bond donors (Lipinski definition) is 2. The smallest absolute Gasteiger partial charge is 0.228 e. The van der Waals surface area contributed by atoms with E-state index in [1.165, 1.54) is 0 Å². The summed E-state index contributed by atoms with van der Waals surface area (Å²) in [6.45, 7) is 2.00. The van der Waals surface area contributed by atoms with Gasteiger partial charge in [-0.3, -0.25) is 0 Å². The van der Waals surface area contributed by atoms with Crippen molar-refractivity contribution in [1.82, 2.24) is 20.3 Å². The molecule has 0 unspecified atom stereocenters. The third kappa shape index (κ3) is 2.24. The van der Waals surface area contributed by atoms with Gasteiger partial charge >= 0.3 is 0 Å². The van der Waals surface area contributed by atoms with E-state index in [1.54, 1.807) is 12.4 Å². The molecule has 1 aliphatic heterocycles. The lowest BCUT2D eigenvalue weighted by molar-refractivity contribution is 0.439. The van der Waals surface area contributed by atoms with Gasteiger partial charge in [-0.05, 0) is 18.2 Å². The molecule has 0 aromatic carbocycles. The summed E-state index contributed by atoms with van der Waals surface area (Å²) in [5.74, 6) is 1.88. The highest BCUT2D eigenvalue weighted by molar-refractivity contribution is 5.46. The van der Waals surface area contributed by atoms with Crippen molar-refractivity contribution in [2.45, 2.75) is 5.92 Å². The van der Waals surface area contributed by atoms with Gasteiger partial charge in [-0.25, -0.2) is 15.0 Å². The van der Waals surface area contributed by atoms with Gasteiger partial charge in [0, 0.05) is 31.4 Å². The molecule has 0 aliphatic carbocycles. The van der Waals surface area contributed by atoms with Crippen molar-refractivity contribution in [3.05, 3.63) is 42.4 Å². The quantitative estimate of drug-likeness (QED) is 0.827. The molecule has 0 spiro atoms. The first kappa shape index (κ1) is 10.2. The molecule has 3 heterocycles. The van der Waals surface area contributed by atoms with Gasteiger partial charge in [-0.2, -0.15) is 0 Å². The van der Waals surface area contributed by atoms with E-state index in [4.69, 9.17) is 0 Å². The Morgan fingerprint density at radius 1 is 1.12 bits per heavy atom. The summed E-state index contributed by atoms with van der Waals surface area (Å²) >= 11 is 0. The minimum atomic E-state index is 0.516. The fourth-order valence-corrected chi connectivity index (χ4v) is 1.71. The number of nitrogens with zero attached hydrogens (tertiary/aromatic N) is 3. The molecule has 86 valence electrons. The average Bonchev–Trinajstić information content (AvgIpc) is 2.28. The van der Waals surface area contributed by atoms with Crippen LogP contribution in [-0.4, -0.2) is 28.0 Å². The Morgan fingerprint density at radius 3 is 2.76 bits per heavy atom. The van der Waals surface area contributed by atoms with Crippen molar-refractivity contribution in [3.63, 3.8) is 0 Å². The van der Waals surface area contributed by atoms with Crippen LogP contribution in [0.2, 0.25) is 0 Å². The maximum atomic E-state index is 4.49. The van der Waals surface area contributed by atoms with E-state index >= 15 is 0 Å². The molecule has 3 rings (SSSR count). The van der Waals surface area contributed by atoms with Gasteiger partial charge in [-0.1, -0.05) is 6.07 Å². The number of rotatable bonds is 3. The Balaban J connectivity index is 1.79. The zero-order chi connectivity index (χ0) is 11.5. The van der Waals surface area contributed by atoms with Gasteiger partial charge in [0.15, 0.2) is 0 Å². The second-order valence-corrected chi connectivity index (χ2v) is 4.00. The first-order chi connectivity index (χ1) is 8.42. The molecule has 0 radical (unpaired) electrons. The number of anilines is 2. The number of aromatic nitrogens is 3. The van der Waals surface area contributed by atoms with Crippen LogP contribution in [0.3, 0.4) is 0 Å². The summed E-state index contributed by atoms with van der Waals surface area (Å²) in [6, 6.07) is 7.66. The summed E-state index contributed by atoms with van der Waals surface area (Å²) in [5, 5.41) is 6.33. The lowest BCUT2D eigenvalue weighted by Gasteiger charge is -2.26. The normalized spacial score (nSPS) is 15.3. The first-order valence-corrected chi connectivity index (χ1v) is 5.63. The van der Waals surface area contributed by atoms with E-state index in [-0.39, 0.29) is 0 Å². The molecule has 17 heavy (non-hydrogen) atoms. The van der Waals surface area contributed by atoms with Crippen molar-refractivity contribution in [2.75, 3.05) is 18.4 Å². The predicted octanol–water partition coefficient (Wildman–Crippen LogP) is 1.30. The second-order valence-electron chi connectivity index (χ2n) is 4.00. The van der Waals surface area contributed by atoms with E-state index in [9.17, 15) is 0 Å². The molecule has 0 saturated carbocycles. The third-order valence-electron chi connectivity index (χ3n) is 2.78. The minimum Gasteiger partial charge on any atom is -0.315 e. The maximum Gasteiger partial charge on any atom is 0.228 e. The molecule has 0 atom stereocenters. The summed E-state index contributed by atoms with van der Waals surface area (Å²) in [6.07, 6.45) is 3.52. The molecule has 1 fully saturated rings. The van der Waals surface area contributed by atoms with Gasteiger partial charge in [0.25, 0.3) is 0 Å². The second kappa shape index (κ2) is 4.47. The molecular weight excluding hydrogens is 214 g/mol. The standard InChI is InChI=1S/C12H13N5/c1-2-5-14-11(3-1)17-12-15-6-4-10(16-12)9-7-13-8-9/h1-6,9,13H,7-8H2,(H,14,15,16,17). The van der Waals surface area contributed by atoms with Gasteiger partial charge in [-0.15, -0.1) is 0 Å². The summed E-state index contributed by atoms with van der Waals surface area (Å²) < 4.78 is 0. The molecule has 1 saturated heterocycles. The molecule has 0 bridgehead atoms. The van der Waals surface area contributed by atoms with E-state index in [0.29, 0.717) is 11.9 Å². The summed E-state index contributed by atoms with van der Waals surface area (Å²) in [7, 11) is 0. The van der Waals surface area contributed by atoms with Crippen LogP contribution < -0.4 is 10.6 Å². The monoisotopic (exact) mass is 227 g/mol. The van der Waals surface area contributed by atoms with Crippen LogP contribution in [0.1, 0.15) is 11.6 Å². The first-order valence-electron chi connectivity index (χ1n) is 5.63. The number of hydrogen-bond acceptors (Lipinski definition) is 5. The SMILES string of the molecule is c1ccc(Nc2nccc(C3CNC3)n2)nc1. The van der Waals surface area contributed by atoms with Crippen LogP contribution in [-0.2, 0) is 0 Å². The maximum absolute atomic E-state index is 4.49. The van der Waals surface area contributed by atoms with E-state index in [0.717, 1.165) is 24.6 Å². The minimum absolute atomic E-state index is 0.516. The van der Waals surface area contributed by atoms with Crippen molar-refractivity contribution in [2.24, 2.45) is 0 Å². The number of pyridine rings is 1. The van der Waals surface area contributed by atoms with Crippen molar-refractivity contribution in [3.8, 4) is 0 Å². The van der Waals surface area contributed by atoms with Crippen LogP contribution in [0.5, 0.6) is 0 Å². The fraction of sp³-hybridized carbons (Fsp3) is 0.250. The zero-order valence-electron chi connectivity index (χ0n) is 9.30. The molecular formula is C12H13N5. The van der Waals surface area contributed by atoms with Crippen LogP contribution in [0, 0.1) is 0 Å². The fourth-order valence-electron chi connectivity index (χ4n) is 1.71. The van der Waals surface area contributed by atoms with Crippen LogP contribution in [0.25, 0.3) is 0 Å². The molecule has 2 aromatic heterocycles. The summed E-state index contributed by atoms with van der Waals surface area (Å²) in [4.78, 5) is 12.9. The predicted molar refractivity (Wildman–Crippen MR) is 65.2 cm³/mol. The molecule has 2 N–H and O–H groups in total. The Morgan fingerprint density at radius 2 is 2.06 bits per heavy atom. The zero-order valence-corrected chi connectivity index (χ0v) is 9.30. The van der Waals surface area contributed by atoms with Crippen LogP contribution in [0.15, 0.2) is 36.7 Å². The highest BCUT2D eigenvalue weighted by atomic mass is 15.1. The van der Waals surface area contributed by atoms with Gasteiger partial charge in [0.05, 0.1) is 5.69 Å². The van der Waals surface area contributed by atoms with Gasteiger partial charge < -0.3 is 10.6 Å². The highest BCUT2D eigenvalue weighted by Crippen LogP contribution is 2.18. The van der Waals surface area contributed by atoms with Crippen molar-refractivity contribution in [1.29, 1.82) is 0 Å². The van der Waals surface area contributed by atoms with Gasteiger partial charge in [0.2, 0.25) is 5.95 Å². The molecule has 1 aliphatic rings. The molecule has 0 amide bonds. The van der Waals surface area contributed by atoms with Crippen LogP contribution >= 0.6 is 0 Å². The highest BCUT2D eigenvalue weighted by Gasteiger charge is 2.20. The average molecular weight is 227 g/mol. The molecule has 5 nitrogen and oxygen atoms in total. The summed E-state index contributed by atoms with van der Waals surface area (Å²) in [5.41, 5.74) is 1.08. The molecule has 5 heteroatoms. The largest absolute Gasteiger partial charge is 0.315 e. The Hall–Kier alpha value is -2.01. The lowest BCUT2D eigenvalue weighted by atomic mass is 9.99. The van der Waals surface area contributed by atoms with Crippen LogP contribution in [0.4, 0.5) is 11.8 Å². The lowest BCUT2D eigenvalue weighted by Crippen LogP contribution is -2.40. The Kier molecular flexibility index (Phi) is 2.67. The third-order valence-corrected chi connectivity index (χ3v) is 2.78. The van der Waals surface area contributed by atoms with Crippen molar-refractivity contribution >= 4 is 11.8 Å².